The third-order valence-corrected chi connectivity index (χ3v) is 5.44. The van der Waals surface area contributed by atoms with Gasteiger partial charge in [0.2, 0.25) is 0 Å². The summed E-state index contributed by atoms with van der Waals surface area (Å²) in [6.45, 7) is 3.12. The molecule has 2 N–H and O–H groups in total. The molecule has 0 atom stereocenters. The van der Waals surface area contributed by atoms with Gasteiger partial charge in [0.1, 0.15) is 10.7 Å². The lowest BCUT2D eigenvalue weighted by Crippen LogP contribution is -2.17. The third-order valence-electron chi connectivity index (χ3n) is 2.71. The van der Waals surface area contributed by atoms with Crippen LogP contribution in [0.15, 0.2) is 34.5 Å². The minimum atomic E-state index is -3.83. The van der Waals surface area contributed by atoms with Gasteiger partial charge in [-0.1, -0.05) is 18.5 Å². The standard InChI is InChI=1S/C13H14ClFN2O2S2/c1-2-16-8-12-13(5-6-20-12)21(18,19)17-11-4-3-9(14)7-10(11)15/h3-7,16-17H,2,8H2,1H3. The highest BCUT2D eigenvalue weighted by molar-refractivity contribution is 7.93. The summed E-state index contributed by atoms with van der Waals surface area (Å²) >= 11 is 6.98. The Labute approximate surface area is 132 Å². The molecule has 0 saturated carbocycles. The van der Waals surface area contributed by atoms with Gasteiger partial charge < -0.3 is 5.32 Å². The van der Waals surface area contributed by atoms with E-state index in [-0.39, 0.29) is 15.6 Å². The van der Waals surface area contributed by atoms with Crippen molar-refractivity contribution < 1.29 is 12.8 Å². The molecule has 1 aromatic carbocycles. The van der Waals surface area contributed by atoms with Gasteiger partial charge in [-0.3, -0.25) is 4.72 Å². The fraction of sp³-hybridized carbons (Fsp3) is 0.231. The Bertz CT molecular complexity index is 732. The zero-order valence-corrected chi connectivity index (χ0v) is 13.6. The highest BCUT2D eigenvalue weighted by Crippen LogP contribution is 2.26. The first-order valence-corrected chi connectivity index (χ1v) is 8.93. The SMILES string of the molecule is CCNCc1sccc1S(=O)(=O)Nc1ccc(Cl)cc1F. The first-order chi connectivity index (χ1) is 9.94. The molecular weight excluding hydrogens is 335 g/mol. The maximum absolute atomic E-state index is 13.7. The van der Waals surface area contributed by atoms with Crippen LogP contribution in [0.5, 0.6) is 0 Å². The molecule has 0 spiro atoms. The molecule has 0 bridgehead atoms. The molecule has 0 saturated heterocycles. The smallest absolute Gasteiger partial charge is 0.263 e. The first-order valence-electron chi connectivity index (χ1n) is 6.19. The Kier molecular flexibility index (Phi) is 5.21. The van der Waals surface area contributed by atoms with Crippen molar-refractivity contribution >= 4 is 38.6 Å². The number of hydrogen-bond acceptors (Lipinski definition) is 4. The number of thiophene rings is 1. The molecular formula is C13H14ClFN2O2S2. The zero-order chi connectivity index (χ0) is 15.5. The van der Waals surface area contributed by atoms with Crippen LogP contribution in [0.1, 0.15) is 11.8 Å². The van der Waals surface area contributed by atoms with Crippen molar-refractivity contribution in [3.05, 3.63) is 45.4 Å². The van der Waals surface area contributed by atoms with Gasteiger partial charge in [0.25, 0.3) is 10.0 Å². The summed E-state index contributed by atoms with van der Waals surface area (Å²) < 4.78 is 40.7. The van der Waals surface area contributed by atoms with E-state index in [0.29, 0.717) is 11.4 Å². The normalized spacial score (nSPS) is 11.6. The van der Waals surface area contributed by atoms with Crippen LogP contribution in [0.2, 0.25) is 5.02 Å². The lowest BCUT2D eigenvalue weighted by molar-refractivity contribution is 0.597. The number of nitrogens with one attached hydrogen (secondary N) is 2. The minimum absolute atomic E-state index is 0.125. The van der Waals surface area contributed by atoms with Crippen LogP contribution in [-0.4, -0.2) is 15.0 Å². The Hall–Kier alpha value is -1.15. The number of hydrogen-bond donors (Lipinski definition) is 2. The summed E-state index contributed by atoms with van der Waals surface area (Å²) in [5.74, 6) is -0.713. The average molecular weight is 349 g/mol. The lowest BCUT2D eigenvalue weighted by atomic mass is 10.3. The molecule has 1 aromatic heterocycles. The summed E-state index contributed by atoms with van der Waals surface area (Å²) in [4.78, 5) is 0.835. The van der Waals surface area contributed by atoms with Crippen LogP contribution in [0.4, 0.5) is 10.1 Å². The van der Waals surface area contributed by atoms with Gasteiger partial charge in [-0.2, -0.15) is 0 Å². The Morgan fingerprint density at radius 1 is 1.33 bits per heavy atom. The molecule has 8 heteroatoms. The quantitative estimate of drug-likeness (QED) is 0.840. The van der Waals surface area contributed by atoms with Gasteiger partial charge in [-0.05, 0) is 36.2 Å². The van der Waals surface area contributed by atoms with Gasteiger partial charge in [0.15, 0.2) is 0 Å². The second-order valence-electron chi connectivity index (χ2n) is 4.22. The molecule has 0 radical (unpaired) electrons. The molecule has 114 valence electrons. The van der Waals surface area contributed by atoms with Crippen molar-refractivity contribution in [2.75, 3.05) is 11.3 Å². The molecule has 0 aliphatic heterocycles. The van der Waals surface area contributed by atoms with E-state index in [0.717, 1.165) is 12.6 Å². The van der Waals surface area contributed by atoms with Crippen molar-refractivity contribution in [2.45, 2.75) is 18.4 Å². The van der Waals surface area contributed by atoms with E-state index in [1.54, 1.807) is 5.38 Å². The van der Waals surface area contributed by atoms with E-state index in [2.05, 4.69) is 10.0 Å². The van der Waals surface area contributed by atoms with E-state index < -0.39 is 15.8 Å². The van der Waals surface area contributed by atoms with Crippen molar-refractivity contribution in [3.8, 4) is 0 Å². The molecule has 0 aliphatic rings. The van der Waals surface area contributed by atoms with E-state index in [9.17, 15) is 12.8 Å². The molecule has 0 unspecified atom stereocenters. The molecule has 1 heterocycles. The van der Waals surface area contributed by atoms with E-state index in [1.807, 2.05) is 6.92 Å². The highest BCUT2D eigenvalue weighted by atomic mass is 35.5. The second kappa shape index (κ2) is 6.74. The third kappa shape index (κ3) is 3.94. The van der Waals surface area contributed by atoms with Crippen LogP contribution in [0.3, 0.4) is 0 Å². The number of halogens is 2. The van der Waals surface area contributed by atoms with Crippen LogP contribution in [0.25, 0.3) is 0 Å². The molecule has 0 fully saturated rings. The van der Waals surface area contributed by atoms with Gasteiger partial charge in [-0.25, -0.2) is 12.8 Å². The Morgan fingerprint density at radius 3 is 2.76 bits per heavy atom. The maximum atomic E-state index is 13.7. The van der Waals surface area contributed by atoms with Crippen LogP contribution in [0, 0.1) is 5.82 Å². The van der Waals surface area contributed by atoms with Crippen LogP contribution >= 0.6 is 22.9 Å². The zero-order valence-electron chi connectivity index (χ0n) is 11.2. The topological polar surface area (TPSA) is 58.2 Å². The molecule has 0 aliphatic carbocycles. The summed E-state index contributed by atoms with van der Waals surface area (Å²) in [5, 5.41) is 4.97. The minimum Gasteiger partial charge on any atom is -0.312 e. The van der Waals surface area contributed by atoms with Crippen molar-refractivity contribution in [1.82, 2.24) is 5.32 Å². The number of sulfonamides is 1. The van der Waals surface area contributed by atoms with Gasteiger partial charge in [0, 0.05) is 16.4 Å². The molecule has 21 heavy (non-hydrogen) atoms. The number of rotatable bonds is 6. The van der Waals surface area contributed by atoms with Crippen molar-refractivity contribution in [2.24, 2.45) is 0 Å². The van der Waals surface area contributed by atoms with E-state index in [4.69, 9.17) is 11.6 Å². The van der Waals surface area contributed by atoms with Crippen molar-refractivity contribution in [1.29, 1.82) is 0 Å². The first kappa shape index (κ1) is 16.2. The fourth-order valence-electron chi connectivity index (χ4n) is 1.71. The second-order valence-corrected chi connectivity index (χ2v) is 7.31. The largest absolute Gasteiger partial charge is 0.312 e. The number of anilines is 1. The van der Waals surface area contributed by atoms with Crippen LogP contribution < -0.4 is 10.0 Å². The summed E-state index contributed by atoms with van der Waals surface area (Å²) in [7, 11) is -3.83. The van der Waals surface area contributed by atoms with E-state index >= 15 is 0 Å². The summed E-state index contributed by atoms with van der Waals surface area (Å²) in [6.07, 6.45) is 0. The molecule has 2 rings (SSSR count). The van der Waals surface area contributed by atoms with Gasteiger partial charge >= 0.3 is 0 Å². The van der Waals surface area contributed by atoms with Gasteiger partial charge in [-0.15, -0.1) is 11.3 Å². The monoisotopic (exact) mass is 348 g/mol. The fourth-order valence-corrected chi connectivity index (χ4v) is 4.35. The maximum Gasteiger partial charge on any atom is 0.263 e. The predicted octanol–water partition coefficient (Wildman–Crippen LogP) is 3.45. The summed E-state index contributed by atoms with van der Waals surface area (Å²) in [6, 6.07) is 5.29. The lowest BCUT2D eigenvalue weighted by Gasteiger charge is -2.10. The van der Waals surface area contributed by atoms with Crippen LogP contribution in [-0.2, 0) is 16.6 Å². The van der Waals surface area contributed by atoms with Crippen molar-refractivity contribution in [3.63, 3.8) is 0 Å². The Morgan fingerprint density at radius 2 is 2.10 bits per heavy atom. The number of benzene rings is 1. The predicted molar refractivity (Wildman–Crippen MR) is 83.9 cm³/mol. The molecule has 2 aromatic rings. The Balaban J connectivity index is 2.28. The highest BCUT2D eigenvalue weighted by Gasteiger charge is 2.21. The molecule has 0 amide bonds. The summed E-state index contributed by atoms with van der Waals surface area (Å²) in [5.41, 5.74) is -0.125. The van der Waals surface area contributed by atoms with Gasteiger partial charge in [0.05, 0.1) is 5.69 Å². The average Bonchev–Trinajstić information content (AvgIpc) is 2.89. The molecule has 4 nitrogen and oxygen atoms in total. The van der Waals surface area contributed by atoms with E-state index in [1.165, 1.54) is 29.5 Å².